The first-order valence-corrected chi connectivity index (χ1v) is 25.0. The molecule has 0 bridgehead atoms. The van der Waals surface area contributed by atoms with Crippen molar-refractivity contribution in [3.8, 4) is 0 Å². The summed E-state index contributed by atoms with van der Waals surface area (Å²) in [5, 5.41) is 2.08. The summed E-state index contributed by atoms with van der Waals surface area (Å²) in [5.74, 6) is 2.12. The normalized spacial score (nSPS) is 19.4. The maximum Gasteiger partial charge on any atom is 0.0107 e. The molecule has 4 nitrogen and oxygen atoms in total. The Bertz CT molecular complexity index is 1320. The van der Waals surface area contributed by atoms with Crippen LogP contribution in [0, 0.1) is 72.6 Å². The van der Waals surface area contributed by atoms with Crippen molar-refractivity contribution in [2.24, 2.45) is 17.3 Å². The third-order valence-electron chi connectivity index (χ3n) is 13.4. The van der Waals surface area contributed by atoms with Gasteiger partial charge >= 0.3 is 0 Å². The second kappa shape index (κ2) is 31.8. The van der Waals surface area contributed by atoms with Crippen LogP contribution in [-0.2, 0) is 0 Å². The molecule has 5 aliphatic rings. The van der Waals surface area contributed by atoms with Crippen molar-refractivity contribution < 1.29 is 0 Å². The van der Waals surface area contributed by atoms with Crippen molar-refractivity contribution in [2.75, 3.05) is 80.5 Å². The van der Waals surface area contributed by atoms with E-state index in [2.05, 4.69) is 161 Å². The van der Waals surface area contributed by atoms with Crippen LogP contribution < -0.4 is 0 Å². The number of aryl methyl sites for hydroxylation is 2. The highest BCUT2D eigenvalue weighted by atomic mass is 32.1. The Morgan fingerprint density at radius 1 is 0.433 bits per heavy atom. The molecule has 0 radical (unpaired) electrons. The fourth-order valence-corrected chi connectivity index (χ4v) is 7.77. The average molecular weight is 847 g/mol. The predicted molar refractivity (Wildman–Crippen MR) is 273 cm³/mol. The third kappa shape index (κ3) is 27.8. The van der Waals surface area contributed by atoms with E-state index in [0.29, 0.717) is 5.41 Å². The van der Waals surface area contributed by atoms with Crippen molar-refractivity contribution >= 4 is 11.3 Å². The van der Waals surface area contributed by atoms with Gasteiger partial charge in [0.05, 0.1) is 0 Å². The molecule has 8 rings (SSSR count). The minimum Gasteiger partial charge on any atom is -0.306 e. The summed E-state index contributed by atoms with van der Waals surface area (Å²) in [6.45, 7) is 37.0. The van der Waals surface area contributed by atoms with E-state index in [9.17, 15) is 0 Å². The molecule has 0 N–H and O–H groups in total. The highest BCUT2D eigenvalue weighted by Crippen LogP contribution is 2.29. The Labute approximate surface area is 378 Å². The number of piperidine rings is 2. The summed E-state index contributed by atoms with van der Waals surface area (Å²) in [6.07, 6.45) is 17.4. The largest absolute Gasteiger partial charge is 0.306 e. The first-order valence-electron chi connectivity index (χ1n) is 24.1. The molecular formula is C55H98N4S. The molecule has 3 aromatic rings. The number of rotatable bonds is 0. The van der Waals surface area contributed by atoms with Crippen LogP contribution in [0.4, 0.5) is 0 Å². The standard InChI is InChI=1S/C12H18.C8H17N.C7H14.C7H8.C6H14N2.C6H13N.C5H6S.C4H8/c1-7-8(2)10(4)12(6)11(5)9(7)3;1-8(2)4-6-9(3)7-5-8;2*1-7-5-3-2-4-6-7;1-7-3-5-8(2)6-4-7;1-7-5-3-2-4-6-7;1-5-3-2-4-6-5;1-4-2-3-4/h1-6H3;4-7H2,1-3H3;7H,2-6H2,1H3;2-6H,1H3;3-6H2,1-2H3;2-6H2,1H3;2-4H,1H3;4H,2-3H2,1H3. The van der Waals surface area contributed by atoms with Crippen LogP contribution in [-0.4, -0.2) is 100 Å². The Hall–Kier alpha value is -2.02. The van der Waals surface area contributed by atoms with Gasteiger partial charge in [0, 0.05) is 31.1 Å². The van der Waals surface area contributed by atoms with Crippen LogP contribution >= 0.6 is 11.3 Å². The van der Waals surface area contributed by atoms with E-state index in [4.69, 9.17) is 0 Å². The van der Waals surface area contributed by atoms with Crippen LogP contribution in [0.1, 0.15) is 149 Å². The Morgan fingerprint density at radius 3 is 1.02 bits per heavy atom. The van der Waals surface area contributed by atoms with Crippen molar-refractivity contribution in [1.82, 2.24) is 19.6 Å². The van der Waals surface area contributed by atoms with Crippen LogP contribution in [0.2, 0.25) is 0 Å². The van der Waals surface area contributed by atoms with Crippen LogP contribution in [0.5, 0.6) is 0 Å². The van der Waals surface area contributed by atoms with Gasteiger partial charge in [0.25, 0.3) is 0 Å². The fraction of sp³-hybridized carbons (Fsp3) is 0.709. The van der Waals surface area contributed by atoms with Gasteiger partial charge in [-0.05, 0) is 198 Å². The maximum absolute atomic E-state index is 2.41. The number of hydrogen-bond donors (Lipinski definition) is 0. The monoisotopic (exact) mass is 847 g/mol. The van der Waals surface area contributed by atoms with Crippen molar-refractivity contribution in [2.45, 2.75) is 160 Å². The predicted octanol–water partition coefficient (Wildman–Crippen LogP) is 14.3. The molecule has 2 aliphatic carbocycles. The lowest BCUT2D eigenvalue weighted by molar-refractivity contribution is 0.157. The van der Waals surface area contributed by atoms with Crippen molar-refractivity contribution in [3.63, 3.8) is 0 Å². The third-order valence-corrected chi connectivity index (χ3v) is 14.2. The summed E-state index contributed by atoms with van der Waals surface area (Å²) < 4.78 is 0. The molecule has 0 spiro atoms. The van der Waals surface area contributed by atoms with Gasteiger partial charge in [-0.1, -0.05) is 121 Å². The number of benzene rings is 2. The number of thiophene rings is 1. The molecule has 0 amide bonds. The average Bonchev–Trinajstić information content (AvgIpc) is 3.88. The van der Waals surface area contributed by atoms with Gasteiger partial charge in [-0.2, -0.15) is 0 Å². The Kier molecular flexibility index (Phi) is 29.6. The van der Waals surface area contributed by atoms with Gasteiger partial charge in [0.15, 0.2) is 0 Å². The Morgan fingerprint density at radius 2 is 0.800 bits per heavy atom. The molecular weight excluding hydrogens is 749 g/mol. The molecule has 0 unspecified atom stereocenters. The van der Waals surface area contributed by atoms with Crippen molar-refractivity contribution in [1.29, 1.82) is 0 Å². The van der Waals surface area contributed by atoms with Crippen LogP contribution in [0.15, 0.2) is 47.8 Å². The quantitative estimate of drug-likeness (QED) is 0.223. The zero-order valence-corrected chi connectivity index (χ0v) is 43.4. The molecule has 0 atom stereocenters. The highest BCUT2D eigenvalue weighted by Gasteiger charge is 2.23. The van der Waals surface area contributed by atoms with E-state index in [1.54, 1.807) is 11.3 Å². The first kappa shape index (κ1) is 56.0. The van der Waals surface area contributed by atoms with Gasteiger partial charge < -0.3 is 19.6 Å². The SMILES string of the molecule is CC1CC1.CC1CCCCC1.CN1CCC(C)(C)CC1.CN1CCCCC1.CN1CCN(C)CC1.Cc1c(C)c(C)c(C)c(C)c1C.Cc1ccccc1.Cc1cccs1. The molecule has 5 heteroatoms. The maximum atomic E-state index is 2.41. The number of hydrogen-bond acceptors (Lipinski definition) is 5. The summed E-state index contributed by atoms with van der Waals surface area (Å²) in [6, 6.07) is 14.4. The second-order valence-electron chi connectivity index (χ2n) is 20.0. The molecule has 3 saturated heterocycles. The number of likely N-dealkylation sites (tertiary alicyclic amines) is 2. The lowest BCUT2D eigenvalue weighted by Crippen LogP contribution is -2.42. The topological polar surface area (TPSA) is 13.0 Å². The molecule has 2 aromatic carbocycles. The van der Waals surface area contributed by atoms with E-state index in [0.717, 1.165) is 11.8 Å². The first-order chi connectivity index (χ1) is 28.3. The lowest BCUT2D eigenvalue weighted by Gasteiger charge is -2.34. The van der Waals surface area contributed by atoms with Gasteiger partial charge in [-0.3, -0.25) is 0 Å². The molecule has 4 heterocycles. The van der Waals surface area contributed by atoms with E-state index in [1.165, 1.54) is 173 Å². The fourth-order valence-electron chi connectivity index (χ4n) is 7.24. The van der Waals surface area contributed by atoms with E-state index < -0.39 is 0 Å². The summed E-state index contributed by atoms with van der Waals surface area (Å²) >= 11 is 1.78. The number of nitrogens with zero attached hydrogens (tertiary/aromatic N) is 4. The second-order valence-corrected chi connectivity index (χ2v) is 21.1. The van der Waals surface area contributed by atoms with Gasteiger partial charge in [-0.25, -0.2) is 0 Å². The van der Waals surface area contributed by atoms with E-state index in [1.807, 2.05) is 18.2 Å². The highest BCUT2D eigenvalue weighted by molar-refractivity contribution is 7.09. The zero-order valence-electron chi connectivity index (χ0n) is 42.6. The molecule has 5 fully saturated rings. The van der Waals surface area contributed by atoms with Crippen molar-refractivity contribution in [3.05, 3.63) is 91.7 Å². The minimum absolute atomic E-state index is 0.618. The van der Waals surface area contributed by atoms with Gasteiger partial charge in [0.1, 0.15) is 0 Å². The number of piperazine rings is 1. The molecule has 1 aromatic heterocycles. The van der Waals surface area contributed by atoms with Crippen LogP contribution in [0.25, 0.3) is 0 Å². The summed E-state index contributed by atoms with van der Waals surface area (Å²) in [7, 11) is 8.74. The number of likely N-dealkylation sites (N-methyl/N-ethyl adjacent to an activating group) is 2. The van der Waals surface area contributed by atoms with Crippen LogP contribution in [0.3, 0.4) is 0 Å². The molecule has 2 saturated carbocycles. The minimum atomic E-state index is 0.618. The Balaban J connectivity index is 0.000000348. The van der Waals surface area contributed by atoms with Gasteiger partial charge in [-0.15, -0.1) is 11.3 Å². The van der Waals surface area contributed by atoms with E-state index in [-0.39, 0.29) is 0 Å². The summed E-state index contributed by atoms with van der Waals surface area (Å²) in [4.78, 5) is 10.9. The zero-order chi connectivity index (χ0) is 45.1. The summed E-state index contributed by atoms with van der Waals surface area (Å²) in [5.41, 5.74) is 10.7. The molecule has 60 heavy (non-hydrogen) atoms. The smallest absolute Gasteiger partial charge is 0.0107 e. The lowest BCUT2D eigenvalue weighted by atomic mass is 9.83. The van der Waals surface area contributed by atoms with E-state index >= 15 is 0 Å². The van der Waals surface area contributed by atoms with Gasteiger partial charge in [0.2, 0.25) is 0 Å². The molecule has 344 valence electrons. The molecule has 3 aliphatic heterocycles.